The SMILES string of the molecule is CC(Cc1cccc(F)c1)NCc1ccc(O)cc1. The van der Waals surface area contributed by atoms with Gasteiger partial charge in [-0.05, 0) is 48.7 Å². The van der Waals surface area contributed by atoms with E-state index in [-0.39, 0.29) is 17.6 Å². The van der Waals surface area contributed by atoms with E-state index in [1.807, 2.05) is 18.2 Å². The predicted molar refractivity (Wildman–Crippen MR) is 74.5 cm³/mol. The fourth-order valence-corrected chi connectivity index (χ4v) is 2.00. The summed E-state index contributed by atoms with van der Waals surface area (Å²) in [7, 11) is 0. The van der Waals surface area contributed by atoms with Crippen LogP contribution < -0.4 is 5.32 Å². The number of nitrogens with one attached hydrogen (secondary N) is 1. The predicted octanol–water partition coefficient (Wildman–Crippen LogP) is 3.25. The molecule has 2 rings (SSSR count). The highest BCUT2D eigenvalue weighted by molar-refractivity contribution is 5.25. The van der Waals surface area contributed by atoms with Gasteiger partial charge in [0.15, 0.2) is 0 Å². The quantitative estimate of drug-likeness (QED) is 0.864. The Morgan fingerprint density at radius 1 is 1.11 bits per heavy atom. The van der Waals surface area contributed by atoms with Crippen LogP contribution in [0, 0.1) is 5.82 Å². The van der Waals surface area contributed by atoms with Crippen molar-refractivity contribution in [2.45, 2.75) is 25.9 Å². The molecule has 19 heavy (non-hydrogen) atoms. The Balaban J connectivity index is 1.84. The smallest absolute Gasteiger partial charge is 0.123 e. The second-order valence-corrected chi connectivity index (χ2v) is 4.78. The van der Waals surface area contributed by atoms with Gasteiger partial charge in [-0.2, -0.15) is 0 Å². The Morgan fingerprint density at radius 3 is 2.53 bits per heavy atom. The summed E-state index contributed by atoms with van der Waals surface area (Å²) in [5.74, 6) is 0.0831. The molecule has 0 bridgehead atoms. The summed E-state index contributed by atoms with van der Waals surface area (Å²) < 4.78 is 13.1. The van der Waals surface area contributed by atoms with Gasteiger partial charge < -0.3 is 10.4 Å². The third-order valence-corrected chi connectivity index (χ3v) is 3.02. The van der Waals surface area contributed by atoms with Crippen molar-refractivity contribution < 1.29 is 9.50 Å². The minimum absolute atomic E-state index is 0.191. The Kier molecular flexibility index (Phi) is 4.53. The monoisotopic (exact) mass is 259 g/mol. The first-order valence-electron chi connectivity index (χ1n) is 6.39. The molecule has 0 fully saturated rings. The van der Waals surface area contributed by atoms with Crippen LogP contribution >= 0.6 is 0 Å². The van der Waals surface area contributed by atoms with E-state index >= 15 is 0 Å². The number of aromatic hydroxyl groups is 1. The van der Waals surface area contributed by atoms with Crippen LogP contribution in [0.2, 0.25) is 0 Å². The zero-order chi connectivity index (χ0) is 13.7. The molecule has 2 aromatic carbocycles. The van der Waals surface area contributed by atoms with E-state index in [0.29, 0.717) is 0 Å². The molecule has 0 spiro atoms. The first-order valence-corrected chi connectivity index (χ1v) is 6.39. The third-order valence-electron chi connectivity index (χ3n) is 3.02. The van der Waals surface area contributed by atoms with Crippen molar-refractivity contribution in [3.8, 4) is 5.75 Å². The van der Waals surface area contributed by atoms with Gasteiger partial charge in [0.05, 0.1) is 0 Å². The Hall–Kier alpha value is -1.87. The first kappa shape index (κ1) is 13.6. The molecule has 0 aliphatic carbocycles. The van der Waals surface area contributed by atoms with Gasteiger partial charge in [0.1, 0.15) is 11.6 Å². The average molecular weight is 259 g/mol. The first-order chi connectivity index (χ1) is 9.13. The summed E-state index contributed by atoms with van der Waals surface area (Å²) >= 11 is 0. The zero-order valence-corrected chi connectivity index (χ0v) is 10.9. The van der Waals surface area contributed by atoms with Crippen molar-refractivity contribution >= 4 is 0 Å². The van der Waals surface area contributed by atoms with Crippen molar-refractivity contribution in [3.63, 3.8) is 0 Å². The van der Waals surface area contributed by atoms with E-state index in [1.165, 1.54) is 6.07 Å². The fraction of sp³-hybridized carbons (Fsp3) is 0.250. The molecule has 0 saturated carbocycles. The lowest BCUT2D eigenvalue weighted by Gasteiger charge is -2.14. The van der Waals surface area contributed by atoms with Gasteiger partial charge in [-0.15, -0.1) is 0 Å². The van der Waals surface area contributed by atoms with E-state index in [4.69, 9.17) is 0 Å². The largest absolute Gasteiger partial charge is 0.508 e. The minimum Gasteiger partial charge on any atom is -0.508 e. The number of phenolic OH excluding ortho intramolecular Hbond substituents is 1. The second-order valence-electron chi connectivity index (χ2n) is 4.78. The Labute approximate surface area is 112 Å². The lowest BCUT2D eigenvalue weighted by atomic mass is 10.1. The van der Waals surface area contributed by atoms with Gasteiger partial charge in [0, 0.05) is 12.6 Å². The maximum absolute atomic E-state index is 13.1. The lowest BCUT2D eigenvalue weighted by molar-refractivity contribution is 0.474. The molecule has 2 aromatic rings. The number of rotatable bonds is 5. The maximum Gasteiger partial charge on any atom is 0.123 e. The summed E-state index contributed by atoms with van der Waals surface area (Å²) in [6.07, 6.45) is 0.788. The number of benzene rings is 2. The van der Waals surface area contributed by atoms with E-state index < -0.39 is 0 Å². The second kappa shape index (κ2) is 6.34. The molecule has 0 amide bonds. The van der Waals surface area contributed by atoms with Gasteiger partial charge >= 0.3 is 0 Å². The molecule has 2 nitrogen and oxygen atoms in total. The highest BCUT2D eigenvalue weighted by Crippen LogP contribution is 2.10. The normalized spacial score (nSPS) is 12.3. The van der Waals surface area contributed by atoms with Crippen molar-refractivity contribution in [2.24, 2.45) is 0 Å². The molecule has 0 radical (unpaired) electrons. The molecule has 0 aliphatic rings. The molecule has 0 aromatic heterocycles. The van der Waals surface area contributed by atoms with Gasteiger partial charge in [-0.1, -0.05) is 24.3 Å². The standard InChI is InChI=1S/C16H18FNO/c1-12(9-14-3-2-4-15(17)10-14)18-11-13-5-7-16(19)8-6-13/h2-8,10,12,18-19H,9,11H2,1H3. The molecule has 1 unspecified atom stereocenters. The van der Waals surface area contributed by atoms with Crippen molar-refractivity contribution in [1.29, 1.82) is 0 Å². The van der Waals surface area contributed by atoms with E-state index in [0.717, 1.165) is 24.1 Å². The molecular weight excluding hydrogens is 241 g/mol. The van der Waals surface area contributed by atoms with Crippen LogP contribution in [-0.2, 0) is 13.0 Å². The van der Waals surface area contributed by atoms with Gasteiger partial charge in [0.2, 0.25) is 0 Å². The van der Waals surface area contributed by atoms with Crippen molar-refractivity contribution in [3.05, 3.63) is 65.5 Å². The van der Waals surface area contributed by atoms with Crippen LogP contribution in [0.5, 0.6) is 5.75 Å². The van der Waals surface area contributed by atoms with Crippen LogP contribution in [0.15, 0.2) is 48.5 Å². The van der Waals surface area contributed by atoms with E-state index in [2.05, 4.69) is 12.2 Å². The summed E-state index contributed by atoms with van der Waals surface area (Å²) in [5.41, 5.74) is 2.11. The molecule has 100 valence electrons. The lowest BCUT2D eigenvalue weighted by Crippen LogP contribution is -2.27. The average Bonchev–Trinajstić information content (AvgIpc) is 2.38. The van der Waals surface area contributed by atoms with Crippen LogP contribution in [0.25, 0.3) is 0 Å². The summed E-state index contributed by atoms with van der Waals surface area (Å²) in [6, 6.07) is 14.1. The van der Waals surface area contributed by atoms with Crippen LogP contribution in [0.4, 0.5) is 4.39 Å². The van der Waals surface area contributed by atoms with Crippen molar-refractivity contribution in [1.82, 2.24) is 5.32 Å². The van der Waals surface area contributed by atoms with Gasteiger partial charge in [0.25, 0.3) is 0 Å². The molecule has 2 N–H and O–H groups in total. The van der Waals surface area contributed by atoms with Crippen LogP contribution in [-0.4, -0.2) is 11.1 Å². The molecule has 0 saturated heterocycles. The molecular formula is C16H18FNO. The summed E-state index contributed by atoms with van der Waals surface area (Å²) in [6.45, 7) is 2.81. The van der Waals surface area contributed by atoms with Crippen molar-refractivity contribution in [2.75, 3.05) is 0 Å². The Morgan fingerprint density at radius 2 is 1.84 bits per heavy atom. The van der Waals surface area contributed by atoms with Gasteiger partial charge in [-0.3, -0.25) is 0 Å². The number of hydrogen-bond acceptors (Lipinski definition) is 2. The highest BCUT2D eigenvalue weighted by atomic mass is 19.1. The summed E-state index contributed by atoms with van der Waals surface area (Å²) in [5, 5.41) is 12.6. The molecule has 0 heterocycles. The van der Waals surface area contributed by atoms with Gasteiger partial charge in [-0.25, -0.2) is 4.39 Å². The van der Waals surface area contributed by atoms with Crippen LogP contribution in [0.3, 0.4) is 0 Å². The molecule has 0 aliphatic heterocycles. The maximum atomic E-state index is 13.1. The number of hydrogen-bond donors (Lipinski definition) is 2. The molecule has 1 atom stereocenters. The Bertz CT molecular complexity index is 525. The highest BCUT2D eigenvalue weighted by Gasteiger charge is 2.04. The fourth-order valence-electron chi connectivity index (χ4n) is 2.00. The molecule has 3 heteroatoms. The zero-order valence-electron chi connectivity index (χ0n) is 10.9. The van der Waals surface area contributed by atoms with E-state index in [1.54, 1.807) is 24.3 Å². The topological polar surface area (TPSA) is 32.3 Å². The van der Waals surface area contributed by atoms with E-state index in [9.17, 15) is 9.50 Å². The third kappa shape index (κ3) is 4.38. The number of halogens is 1. The minimum atomic E-state index is -0.191. The van der Waals surface area contributed by atoms with Crippen LogP contribution in [0.1, 0.15) is 18.1 Å². The summed E-state index contributed by atoms with van der Waals surface area (Å²) in [4.78, 5) is 0. The number of phenols is 1.